The summed E-state index contributed by atoms with van der Waals surface area (Å²) in [5.41, 5.74) is 0. The van der Waals surface area contributed by atoms with Crippen molar-refractivity contribution in [1.29, 1.82) is 0 Å². The second-order valence-corrected chi connectivity index (χ2v) is 3.57. The summed E-state index contributed by atoms with van der Waals surface area (Å²) in [5, 5.41) is 0. The Kier molecular flexibility index (Phi) is 1.63. The van der Waals surface area contributed by atoms with Crippen LogP contribution in [0, 0.1) is 11.8 Å². The molecule has 0 spiro atoms. The molecule has 1 fully saturated rings. The lowest BCUT2D eigenvalue weighted by molar-refractivity contribution is 0.494. The van der Waals surface area contributed by atoms with Crippen LogP contribution in [0.4, 0.5) is 0 Å². The van der Waals surface area contributed by atoms with Gasteiger partial charge in [-0.05, 0) is 23.3 Å². The third kappa shape index (κ3) is 1.12. The maximum absolute atomic E-state index is 2.34. The predicted octanol–water partition coefficient (Wildman–Crippen LogP) is 2.01. The summed E-state index contributed by atoms with van der Waals surface area (Å²) in [6.45, 7) is 4.68. The third-order valence-corrected chi connectivity index (χ3v) is 3.26. The fraction of sp³-hybridized carbons (Fsp3) is 1.00. The number of rotatable bonds is 0. The molecule has 0 bridgehead atoms. The van der Waals surface area contributed by atoms with E-state index < -0.39 is 0 Å². The molecule has 2 atom stereocenters. The molecule has 7 heavy (non-hydrogen) atoms. The summed E-state index contributed by atoms with van der Waals surface area (Å²) in [4.78, 5) is 0. The van der Waals surface area contributed by atoms with Crippen molar-refractivity contribution in [1.82, 2.24) is 0 Å². The summed E-state index contributed by atoms with van der Waals surface area (Å²) >= 11 is 2.09. The van der Waals surface area contributed by atoms with Crippen LogP contribution in [0.5, 0.6) is 0 Å². The topological polar surface area (TPSA) is 0 Å². The average Bonchev–Trinajstić information content (AvgIpc) is 1.91. The van der Waals surface area contributed by atoms with Gasteiger partial charge in [0.2, 0.25) is 0 Å². The van der Waals surface area contributed by atoms with Crippen molar-refractivity contribution in [3.63, 3.8) is 0 Å². The van der Waals surface area contributed by atoms with Crippen molar-refractivity contribution in [2.45, 2.75) is 13.8 Å². The van der Waals surface area contributed by atoms with Crippen LogP contribution in [-0.4, -0.2) is 11.5 Å². The molecule has 0 N–H and O–H groups in total. The molecule has 0 saturated carbocycles. The third-order valence-electron chi connectivity index (χ3n) is 1.73. The molecule has 1 aliphatic heterocycles. The van der Waals surface area contributed by atoms with Crippen molar-refractivity contribution >= 4 is 11.8 Å². The van der Waals surface area contributed by atoms with Crippen molar-refractivity contribution < 1.29 is 0 Å². The van der Waals surface area contributed by atoms with Gasteiger partial charge in [0.25, 0.3) is 0 Å². The van der Waals surface area contributed by atoms with Gasteiger partial charge in [-0.1, -0.05) is 13.8 Å². The zero-order valence-electron chi connectivity index (χ0n) is 4.98. The first-order chi connectivity index (χ1) is 3.30. The van der Waals surface area contributed by atoms with Crippen LogP contribution < -0.4 is 0 Å². The first-order valence-corrected chi connectivity index (χ1v) is 4.04. The minimum atomic E-state index is 0.977. The molecule has 0 unspecified atom stereocenters. The molecule has 0 nitrogen and oxygen atoms in total. The van der Waals surface area contributed by atoms with Crippen LogP contribution in [0.2, 0.25) is 0 Å². The Balaban J connectivity index is 2.33. The van der Waals surface area contributed by atoms with Gasteiger partial charge in [0, 0.05) is 0 Å². The molecule has 1 rings (SSSR count). The van der Waals surface area contributed by atoms with Gasteiger partial charge in [-0.3, -0.25) is 0 Å². The SMILES string of the molecule is C[C@H]1CSC[C@@H]1C. The molecule has 1 saturated heterocycles. The Morgan fingerprint density at radius 3 is 1.71 bits per heavy atom. The maximum atomic E-state index is 2.34. The van der Waals surface area contributed by atoms with Gasteiger partial charge < -0.3 is 0 Å². The van der Waals surface area contributed by atoms with Crippen LogP contribution >= 0.6 is 11.8 Å². The molecular formula is C6H12S. The summed E-state index contributed by atoms with van der Waals surface area (Å²) in [6.07, 6.45) is 0. The molecule has 1 heterocycles. The largest absolute Gasteiger partial charge is 0.161 e. The second kappa shape index (κ2) is 2.08. The average molecular weight is 116 g/mol. The molecule has 0 aromatic heterocycles. The Morgan fingerprint density at radius 1 is 1.14 bits per heavy atom. The Hall–Kier alpha value is 0.350. The van der Waals surface area contributed by atoms with Gasteiger partial charge in [-0.25, -0.2) is 0 Å². The van der Waals surface area contributed by atoms with Crippen molar-refractivity contribution in [2.75, 3.05) is 11.5 Å². The Bertz CT molecular complexity index is 53.2. The smallest absolute Gasteiger partial charge is 0.00388 e. The van der Waals surface area contributed by atoms with Gasteiger partial charge in [0.15, 0.2) is 0 Å². The Morgan fingerprint density at radius 2 is 1.57 bits per heavy atom. The van der Waals surface area contributed by atoms with Gasteiger partial charge in [0.05, 0.1) is 0 Å². The fourth-order valence-electron chi connectivity index (χ4n) is 0.768. The van der Waals surface area contributed by atoms with E-state index in [0.29, 0.717) is 0 Å². The van der Waals surface area contributed by atoms with Gasteiger partial charge in [-0.2, -0.15) is 11.8 Å². The van der Waals surface area contributed by atoms with E-state index in [9.17, 15) is 0 Å². The quantitative estimate of drug-likeness (QED) is 0.466. The highest BCUT2D eigenvalue weighted by Crippen LogP contribution is 2.28. The van der Waals surface area contributed by atoms with E-state index in [2.05, 4.69) is 25.6 Å². The summed E-state index contributed by atoms with van der Waals surface area (Å²) < 4.78 is 0. The monoisotopic (exact) mass is 116 g/mol. The maximum Gasteiger partial charge on any atom is -0.00388 e. The molecule has 1 heteroatoms. The highest BCUT2D eigenvalue weighted by Gasteiger charge is 2.18. The lowest BCUT2D eigenvalue weighted by Crippen LogP contribution is -2.01. The van der Waals surface area contributed by atoms with Gasteiger partial charge in [-0.15, -0.1) is 0 Å². The molecule has 42 valence electrons. The molecule has 0 aromatic carbocycles. The highest BCUT2D eigenvalue weighted by atomic mass is 32.2. The molecular weight excluding hydrogens is 104 g/mol. The standard InChI is InChI=1S/C6H12S/c1-5-3-7-4-6(5)2/h5-6H,3-4H2,1-2H3/t5-,6-/m0/s1. The summed E-state index contributed by atoms with van der Waals surface area (Å²) in [6, 6.07) is 0. The van der Waals surface area contributed by atoms with Crippen LogP contribution in [0.1, 0.15) is 13.8 Å². The minimum absolute atomic E-state index is 0.977. The van der Waals surface area contributed by atoms with Crippen LogP contribution in [-0.2, 0) is 0 Å². The number of hydrogen-bond acceptors (Lipinski definition) is 1. The van der Waals surface area contributed by atoms with Crippen molar-refractivity contribution in [2.24, 2.45) is 11.8 Å². The summed E-state index contributed by atoms with van der Waals surface area (Å²) in [5.74, 6) is 4.73. The normalized spacial score (nSPS) is 42.0. The van der Waals surface area contributed by atoms with E-state index in [1.54, 1.807) is 0 Å². The minimum Gasteiger partial charge on any atom is -0.161 e. The molecule has 0 amide bonds. The predicted molar refractivity (Wildman–Crippen MR) is 35.7 cm³/mol. The lowest BCUT2D eigenvalue weighted by Gasteiger charge is -2.03. The molecule has 0 aliphatic carbocycles. The van der Waals surface area contributed by atoms with Gasteiger partial charge in [0.1, 0.15) is 0 Å². The number of hydrogen-bond donors (Lipinski definition) is 0. The van der Waals surface area contributed by atoms with Crippen molar-refractivity contribution in [3.05, 3.63) is 0 Å². The van der Waals surface area contributed by atoms with E-state index in [-0.39, 0.29) is 0 Å². The van der Waals surface area contributed by atoms with Crippen LogP contribution in [0.25, 0.3) is 0 Å². The van der Waals surface area contributed by atoms with E-state index >= 15 is 0 Å². The van der Waals surface area contributed by atoms with E-state index in [1.807, 2.05) is 0 Å². The van der Waals surface area contributed by atoms with E-state index in [0.717, 1.165) is 11.8 Å². The Labute approximate surface area is 49.7 Å². The first kappa shape index (κ1) is 5.49. The lowest BCUT2D eigenvalue weighted by atomic mass is 10.0. The number of thioether (sulfide) groups is 1. The fourth-order valence-corrected chi connectivity index (χ4v) is 2.31. The molecule has 1 aliphatic rings. The summed E-state index contributed by atoms with van der Waals surface area (Å²) in [7, 11) is 0. The highest BCUT2D eigenvalue weighted by molar-refractivity contribution is 7.99. The zero-order chi connectivity index (χ0) is 5.28. The van der Waals surface area contributed by atoms with Gasteiger partial charge >= 0.3 is 0 Å². The van der Waals surface area contributed by atoms with E-state index in [4.69, 9.17) is 0 Å². The molecule has 0 aromatic rings. The second-order valence-electron chi connectivity index (χ2n) is 2.49. The first-order valence-electron chi connectivity index (χ1n) is 2.88. The van der Waals surface area contributed by atoms with Crippen LogP contribution in [0.3, 0.4) is 0 Å². The molecule has 0 radical (unpaired) electrons. The van der Waals surface area contributed by atoms with E-state index in [1.165, 1.54) is 11.5 Å². The zero-order valence-corrected chi connectivity index (χ0v) is 5.79. The van der Waals surface area contributed by atoms with Crippen LogP contribution in [0.15, 0.2) is 0 Å². The van der Waals surface area contributed by atoms with Crippen molar-refractivity contribution in [3.8, 4) is 0 Å².